The van der Waals surface area contributed by atoms with Crippen LogP contribution in [-0.2, 0) is 0 Å². The molecule has 1 atom stereocenters. The Morgan fingerprint density at radius 3 is 3.12 bits per heavy atom. The molecule has 0 aliphatic carbocycles. The Bertz CT molecular complexity index is 337. The molecule has 1 unspecified atom stereocenters. The molecular formula is C12H18ClN3. The second kappa shape index (κ2) is 5.51. The van der Waals surface area contributed by atoms with Crippen molar-refractivity contribution < 1.29 is 0 Å². The summed E-state index contributed by atoms with van der Waals surface area (Å²) in [7, 11) is 0. The average molecular weight is 240 g/mol. The van der Waals surface area contributed by atoms with Gasteiger partial charge in [0.1, 0.15) is 0 Å². The zero-order valence-electron chi connectivity index (χ0n) is 9.62. The summed E-state index contributed by atoms with van der Waals surface area (Å²) in [6.45, 7) is 5.31. The Morgan fingerprint density at radius 2 is 2.50 bits per heavy atom. The monoisotopic (exact) mass is 239 g/mol. The molecule has 2 rings (SSSR count). The second-order valence-corrected chi connectivity index (χ2v) is 4.57. The van der Waals surface area contributed by atoms with Crippen molar-refractivity contribution in [3.63, 3.8) is 0 Å². The van der Waals surface area contributed by atoms with Crippen LogP contribution in [0.2, 0.25) is 5.02 Å². The van der Waals surface area contributed by atoms with Gasteiger partial charge >= 0.3 is 0 Å². The molecular weight excluding hydrogens is 222 g/mol. The van der Waals surface area contributed by atoms with Gasteiger partial charge in [-0.15, -0.1) is 0 Å². The maximum absolute atomic E-state index is 6.16. The third kappa shape index (κ3) is 2.66. The molecule has 16 heavy (non-hydrogen) atoms. The molecule has 0 radical (unpaired) electrons. The fraction of sp³-hybridized carbons (Fsp3) is 0.583. The summed E-state index contributed by atoms with van der Waals surface area (Å²) in [6.07, 6.45) is 6.05. The van der Waals surface area contributed by atoms with E-state index >= 15 is 0 Å². The van der Waals surface area contributed by atoms with Gasteiger partial charge in [0.2, 0.25) is 0 Å². The van der Waals surface area contributed by atoms with Crippen molar-refractivity contribution >= 4 is 17.3 Å². The minimum Gasteiger partial charge on any atom is -0.369 e. The molecule has 1 fully saturated rings. The van der Waals surface area contributed by atoms with E-state index in [0.717, 1.165) is 30.3 Å². The highest BCUT2D eigenvalue weighted by Gasteiger charge is 2.18. The van der Waals surface area contributed by atoms with E-state index in [4.69, 9.17) is 11.6 Å². The number of likely N-dealkylation sites (N-methyl/N-ethyl adjacent to an activating group) is 1. The second-order valence-electron chi connectivity index (χ2n) is 4.16. The van der Waals surface area contributed by atoms with Gasteiger partial charge in [0.05, 0.1) is 10.7 Å². The molecule has 1 saturated heterocycles. The number of pyridine rings is 1. The largest absolute Gasteiger partial charge is 0.369 e. The van der Waals surface area contributed by atoms with Crippen LogP contribution < -0.4 is 10.2 Å². The standard InChI is InChI=1S/C12H18ClN3/c1-2-16(9-10-4-3-6-15-10)12-5-7-14-8-11(12)13/h5,7-8,10,15H,2-4,6,9H2,1H3. The summed E-state index contributed by atoms with van der Waals surface area (Å²) < 4.78 is 0. The number of anilines is 1. The first-order chi connectivity index (χ1) is 7.81. The van der Waals surface area contributed by atoms with Gasteiger partial charge in [-0.25, -0.2) is 0 Å². The van der Waals surface area contributed by atoms with Crippen LogP contribution in [0, 0.1) is 0 Å². The maximum Gasteiger partial charge on any atom is 0.0822 e. The Morgan fingerprint density at radius 1 is 1.62 bits per heavy atom. The van der Waals surface area contributed by atoms with Crippen LogP contribution in [0.25, 0.3) is 0 Å². The van der Waals surface area contributed by atoms with Gasteiger partial charge in [-0.1, -0.05) is 11.6 Å². The molecule has 0 bridgehead atoms. The van der Waals surface area contributed by atoms with Crippen LogP contribution in [0.15, 0.2) is 18.5 Å². The zero-order chi connectivity index (χ0) is 11.4. The van der Waals surface area contributed by atoms with Crippen molar-refractivity contribution in [3.8, 4) is 0 Å². The molecule has 4 heteroatoms. The highest BCUT2D eigenvalue weighted by atomic mass is 35.5. The summed E-state index contributed by atoms with van der Waals surface area (Å²) in [5, 5.41) is 4.25. The molecule has 0 saturated carbocycles. The Hall–Kier alpha value is -0.800. The lowest BCUT2D eigenvalue weighted by Gasteiger charge is -2.27. The van der Waals surface area contributed by atoms with E-state index in [9.17, 15) is 0 Å². The SMILES string of the molecule is CCN(CC1CCCN1)c1ccncc1Cl. The van der Waals surface area contributed by atoms with Crippen LogP contribution >= 0.6 is 11.6 Å². The van der Waals surface area contributed by atoms with Gasteiger partial charge in [0, 0.05) is 31.5 Å². The molecule has 0 aromatic carbocycles. The average Bonchev–Trinajstić information content (AvgIpc) is 2.80. The number of hydrogen-bond donors (Lipinski definition) is 1. The van der Waals surface area contributed by atoms with Crippen LogP contribution in [0.3, 0.4) is 0 Å². The molecule has 3 nitrogen and oxygen atoms in total. The Labute approximate surface area is 102 Å². The number of aromatic nitrogens is 1. The molecule has 88 valence electrons. The summed E-state index contributed by atoms with van der Waals surface area (Å²) >= 11 is 6.16. The molecule has 1 aromatic heterocycles. The summed E-state index contributed by atoms with van der Waals surface area (Å²) in [5.41, 5.74) is 1.09. The van der Waals surface area contributed by atoms with Crippen LogP contribution in [0.5, 0.6) is 0 Å². The van der Waals surface area contributed by atoms with E-state index in [1.54, 1.807) is 12.4 Å². The lowest BCUT2D eigenvalue weighted by molar-refractivity contribution is 0.586. The number of hydrogen-bond acceptors (Lipinski definition) is 3. The van der Waals surface area contributed by atoms with E-state index in [1.807, 2.05) is 6.07 Å². The van der Waals surface area contributed by atoms with Crippen molar-refractivity contribution in [2.45, 2.75) is 25.8 Å². The first kappa shape index (κ1) is 11.7. The molecule has 1 N–H and O–H groups in total. The van der Waals surface area contributed by atoms with Gasteiger partial charge in [-0.05, 0) is 32.4 Å². The van der Waals surface area contributed by atoms with Crippen molar-refractivity contribution in [2.24, 2.45) is 0 Å². The van der Waals surface area contributed by atoms with Gasteiger partial charge < -0.3 is 10.2 Å². The molecule has 0 spiro atoms. The molecule has 1 aliphatic rings. The molecule has 1 aliphatic heterocycles. The van der Waals surface area contributed by atoms with Gasteiger partial charge in [-0.3, -0.25) is 4.98 Å². The third-order valence-electron chi connectivity index (χ3n) is 3.08. The lowest BCUT2D eigenvalue weighted by Crippen LogP contribution is -2.37. The van der Waals surface area contributed by atoms with Crippen molar-refractivity contribution in [1.29, 1.82) is 0 Å². The summed E-state index contributed by atoms with van der Waals surface area (Å²) in [6, 6.07) is 2.59. The number of nitrogens with zero attached hydrogens (tertiary/aromatic N) is 2. The Balaban J connectivity index is 2.06. The van der Waals surface area contributed by atoms with Crippen molar-refractivity contribution in [2.75, 3.05) is 24.5 Å². The fourth-order valence-electron chi connectivity index (χ4n) is 2.20. The zero-order valence-corrected chi connectivity index (χ0v) is 10.4. The fourth-order valence-corrected chi connectivity index (χ4v) is 2.44. The summed E-state index contributed by atoms with van der Waals surface area (Å²) in [5.74, 6) is 0. The number of halogens is 1. The maximum atomic E-state index is 6.16. The van der Waals surface area contributed by atoms with Crippen molar-refractivity contribution in [3.05, 3.63) is 23.5 Å². The summed E-state index contributed by atoms with van der Waals surface area (Å²) in [4.78, 5) is 6.33. The van der Waals surface area contributed by atoms with Gasteiger partial charge in [-0.2, -0.15) is 0 Å². The first-order valence-electron chi connectivity index (χ1n) is 5.89. The van der Waals surface area contributed by atoms with Gasteiger partial charge in [0.15, 0.2) is 0 Å². The van der Waals surface area contributed by atoms with Crippen LogP contribution in [0.1, 0.15) is 19.8 Å². The van der Waals surface area contributed by atoms with E-state index < -0.39 is 0 Å². The van der Waals surface area contributed by atoms with Crippen LogP contribution in [0.4, 0.5) is 5.69 Å². The van der Waals surface area contributed by atoms with Gasteiger partial charge in [0.25, 0.3) is 0 Å². The van der Waals surface area contributed by atoms with E-state index in [1.165, 1.54) is 12.8 Å². The predicted octanol–water partition coefficient (Wildman–Crippen LogP) is 2.31. The van der Waals surface area contributed by atoms with Crippen LogP contribution in [-0.4, -0.2) is 30.7 Å². The highest BCUT2D eigenvalue weighted by molar-refractivity contribution is 6.33. The quantitative estimate of drug-likeness (QED) is 0.874. The molecule has 1 aromatic rings. The smallest absolute Gasteiger partial charge is 0.0822 e. The topological polar surface area (TPSA) is 28.2 Å². The normalized spacial score (nSPS) is 20.0. The van der Waals surface area contributed by atoms with E-state index in [-0.39, 0.29) is 0 Å². The van der Waals surface area contributed by atoms with E-state index in [0.29, 0.717) is 6.04 Å². The minimum absolute atomic E-state index is 0.601. The lowest BCUT2D eigenvalue weighted by atomic mass is 10.2. The van der Waals surface area contributed by atoms with Crippen molar-refractivity contribution in [1.82, 2.24) is 10.3 Å². The minimum atomic E-state index is 0.601. The van der Waals surface area contributed by atoms with E-state index in [2.05, 4.69) is 22.1 Å². The predicted molar refractivity (Wildman–Crippen MR) is 68.2 cm³/mol. The number of rotatable bonds is 4. The number of nitrogens with one attached hydrogen (secondary N) is 1. The highest BCUT2D eigenvalue weighted by Crippen LogP contribution is 2.24. The first-order valence-corrected chi connectivity index (χ1v) is 6.27. The third-order valence-corrected chi connectivity index (χ3v) is 3.37. The molecule has 0 amide bonds. The Kier molecular flexibility index (Phi) is 4.02. The molecule has 2 heterocycles.